The van der Waals surface area contributed by atoms with Crippen LogP contribution in [0.25, 0.3) is 0 Å². The molecule has 4 nitrogen and oxygen atoms in total. The van der Waals surface area contributed by atoms with Crippen molar-refractivity contribution in [2.24, 2.45) is 0 Å². The molecule has 0 aliphatic heterocycles. The average molecular weight is 406 g/mol. The van der Waals surface area contributed by atoms with Gasteiger partial charge in [-0.2, -0.15) is 5.06 Å². The van der Waals surface area contributed by atoms with Crippen LogP contribution in [0.4, 0.5) is 0 Å². The zero-order valence-corrected chi connectivity index (χ0v) is 16.0. The molecule has 0 aliphatic rings. The molecule has 2 aromatic carbocycles. The van der Waals surface area contributed by atoms with E-state index >= 15 is 0 Å². The summed E-state index contributed by atoms with van der Waals surface area (Å²) in [5.41, 5.74) is 1.33. The highest BCUT2D eigenvalue weighted by Crippen LogP contribution is 2.17. The third-order valence-electron chi connectivity index (χ3n) is 3.87. The van der Waals surface area contributed by atoms with Gasteiger partial charge in [0.2, 0.25) is 0 Å². The van der Waals surface area contributed by atoms with Crippen LogP contribution in [0.5, 0.6) is 5.75 Å². The van der Waals surface area contributed by atoms with Crippen molar-refractivity contribution in [1.29, 1.82) is 0 Å². The van der Waals surface area contributed by atoms with Gasteiger partial charge in [-0.25, -0.2) is 0 Å². The first-order chi connectivity index (χ1) is 12.1. The van der Waals surface area contributed by atoms with Gasteiger partial charge in [0.05, 0.1) is 6.61 Å². The quantitative estimate of drug-likeness (QED) is 0.345. The number of rotatable bonds is 10. The van der Waals surface area contributed by atoms with Gasteiger partial charge in [0.15, 0.2) is 5.78 Å². The van der Waals surface area contributed by atoms with E-state index < -0.39 is 0 Å². The number of ketones is 1. The molecule has 1 N–H and O–H groups in total. The summed E-state index contributed by atoms with van der Waals surface area (Å²) in [6.07, 6.45) is 4.12. The number of nitrogens with zero attached hydrogens (tertiary/aromatic N) is 1. The topological polar surface area (TPSA) is 49.8 Å². The molecule has 2 aromatic rings. The lowest BCUT2D eigenvalue weighted by molar-refractivity contribution is -0.0656. The summed E-state index contributed by atoms with van der Waals surface area (Å²) in [5.74, 6) is 0.787. The zero-order valence-electron chi connectivity index (χ0n) is 14.5. The molecule has 2 rings (SSSR count). The highest BCUT2D eigenvalue weighted by molar-refractivity contribution is 9.10. The summed E-state index contributed by atoms with van der Waals surface area (Å²) in [6, 6.07) is 14.6. The molecule has 0 radical (unpaired) electrons. The molecule has 0 bridgehead atoms. The number of hydrogen-bond donors (Lipinski definition) is 1. The monoisotopic (exact) mass is 405 g/mol. The Kier molecular flexibility index (Phi) is 8.12. The number of carbonyl (C=O) groups excluding carboxylic acids is 1. The lowest BCUT2D eigenvalue weighted by Gasteiger charge is -2.08. The highest BCUT2D eigenvalue weighted by atomic mass is 79.9. The molecule has 0 aromatic heterocycles. The number of hydrogen-bond acceptors (Lipinski definition) is 4. The van der Waals surface area contributed by atoms with Gasteiger partial charge in [-0.05, 0) is 61.4 Å². The van der Waals surface area contributed by atoms with E-state index in [-0.39, 0.29) is 5.78 Å². The molecule has 25 heavy (non-hydrogen) atoms. The van der Waals surface area contributed by atoms with Crippen molar-refractivity contribution in [3.8, 4) is 5.75 Å². The maximum absolute atomic E-state index is 12.4. The number of hydroxylamine groups is 2. The predicted octanol–water partition coefficient (Wildman–Crippen LogP) is 4.94. The molecule has 0 unspecified atom stereocenters. The minimum atomic E-state index is 0.00732. The molecule has 0 saturated heterocycles. The van der Waals surface area contributed by atoms with Crippen LogP contribution in [0.15, 0.2) is 53.0 Å². The number of ether oxygens (including phenoxy) is 1. The molecule has 0 fully saturated rings. The van der Waals surface area contributed by atoms with Gasteiger partial charge in [0.1, 0.15) is 5.75 Å². The fourth-order valence-corrected chi connectivity index (χ4v) is 2.72. The lowest BCUT2D eigenvalue weighted by Crippen LogP contribution is -2.13. The molecular weight excluding hydrogens is 382 g/mol. The fourth-order valence-electron chi connectivity index (χ4n) is 2.46. The van der Waals surface area contributed by atoms with Crippen molar-refractivity contribution in [1.82, 2.24) is 5.06 Å². The second kappa shape index (κ2) is 10.3. The molecular formula is C20H24BrNO3. The van der Waals surface area contributed by atoms with Crippen LogP contribution in [-0.2, 0) is 0 Å². The van der Waals surface area contributed by atoms with Crippen LogP contribution >= 0.6 is 15.9 Å². The maximum Gasteiger partial charge on any atom is 0.193 e. The third-order valence-corrected chi connectivity index (χ3v) is 4.40. The number of unbranched alkanes of at least 4 members (excludes halogenated alkanes) is 3. The minimum Gasteiger partial charge on any atom is -0.494 e. The number of benzene rings is 2. The van der Waals surface area contributed by atoms with Gasteiger partial charge in [-0.15, -0.1) is 0 Å². The Morgan fingerprint density at radius 1 is 0.960 bits per heavy atom. The average Bonchev–Trinajstić information content (AvgIpc) is 2.61. The van der Waals surface area contributed by atoms with Crippen molar-refractivity contribution in [3.63, 3.8) is 0 Å². The third kappa shape index (κ3) is 6.98. The van der Waals surface area contributed by atoms with E-state index in [0.29, 0.717) is 24.3 Å². The summed E-state index contributed by atoms with van der Waals surface area (Å²) in [6.45, 7) is 1.36. The van der Waals surface area contributed by atoms with Crippen molar-refractivity contribution in [3.05, 3.63) is 64.1 Å². The Morgan fingerprint density at radius 2 is 1.52 bits per heavy atom. The van der Waals surface area contributed by atoms with Gasteiger partial charge < -0.3 is 9.94 Å². The van der Waals surface area contributed by atoms with E-state index in [1.54, 1.807) is 19.2 Å². The number of halogens is 1. The molecule has 0 saturated carbocycles. The van der Waals surface area contributed by atoms with Crippen LogP contribution in [0.1, 0.15) is 41.6 Å². The van der Waals surface area contributed by atoms with Crippen LogP contribution in [0, 0.1) is 0 Å². The summed E-state index contributed by atoms with van der Waals surface area (Å²) >= 11 is 3.37. The second-order valence-corrected chi connectivity index (χ2v) is 6.92. The van der Waals surface area contributed by atoms with E-state index in [0.717, 1.165) is 35.9 Å². The summed E-state index contributed by atoms with van der Waals surface area (Å²) in [4.78, 5) is 12.4. The van der Waals surface area contributed by atoms with Crippen LogP contribution in [0.2, 0.25) is 0 Å². The highest BCUT2D eigenvalue weighted by Gasteiger charge is 2.08. The van der Waals surface area contributed by atoms with E-state index in [4.69, 9.17) is 9.94 Å². The van der Waals surface area contributed by atoms with Gasteiger partial charge >= 0.3 is 0 Å². The molecule has 0 spiro atoms. The smallest absolute Gasteiger partial charge is 0.193 e. The van der Waals surface area contributed by atoms with Crippen molar-refractivity contribution in [2.75, 3.05) is 20.2 Å². The summed E-state index contributed by atoms with van der Waals surface area (Å²) in [5, 5.41) is 10.2. The van der Waals surface area contributed by atoms with Crippen molar-refractivity contribution >= 4 is 21.7 Å². The standard InChI is InChI=1S/C20H24BrNO3/c1-22(24)14-4-2-3-5-15-25-19-12-8-17(9-13-19)20(23)16-6-10-18(21)11-7-16/h6-13,24H,2-5,14-15H2,1H3. The van der Waals surface area contributed by atoms with Gasteiger partial charge in [-0.3, -0.25) is 4.79 Å². The van der Waals surface area contributed by atoms with Crippen molar-refractivity contribution in [2.45, 2.75) is 25.7 Å². The Bertz CT molecular complexity index is 654. The van der Waals surface area contributed by atoms with E-state index in [2.05, 4.69) is 15.9 Å². The van der Waals surface area contributed by atoms with Gasteiger partial charge in [-0.1, -0.05) is 28.8 Å². The number of carbonyl (C=O) groups is 1. The zero-order chi connectivity index (χ0) is 18.1. The molecule has 134 valence electrons. The SMILES string of the molecule is CN(O)CCCCCCOc1ccc(C(=O)c2ccc(Br)cc2)cc1. The summed E-state index contributed by atoms with van der Waals surface area (Å²) < 4.78 is 6.67. The summed E-state index contributed by atoms with van der Waals surface area (Å²) in [7, 11) is 1.66. The van der Waals surface area contributed by atoms with Crippen LogP contribution < -0.4 is 4.74 Å². The van der Waals surface area contributed by atoms with Crippen LogP contribution in [-0.4, -0.2) is 36.3 Å². The molecule has 0 amide bonds. The first-order valence-corrected chi connectivity index (χ1v) is 9.29. The first-order valence-electron chi connectivity index (χ1n) is 8.49. The van der Waals surface area contributed by atoms with Crippen molar-refractivity contribution < 1.29 is 14.7 Å². The fraction of sp³-hybridized carbons (Fsp3) is 0.350. The van der Waals surface area contributed by atoms with Gasteiger partial charge in [0, 0.05) is 29.2 Å². The normalized spacial score (nSPS) is 10.9. The molecule has 0 atom stereocenters. The Balaban J connectivity index is 1.74. The Morgan fingerprint density at radius 3 is 2.12 bits per heavy atom. The lowest BCUT2D eigenvalue weighted by atomic mass is 10.0. The predicted molar refractivity (Wildman–Crippen MR) is 102 cm³/mol. The van der Waals surface area contributed by atoms with Crippen LogP contribution in [0.3, 0.4) is 0 Å². The van der Waals surface area contributed by atoms with E-state index in [1.807, 2.05) is 36.4 Å². The molecule has 5 heteroatoms. The first kappa shape index (κ1) is 19.6. The molecule has 0 aliphatic carbocycles. The Labute approximate surface area is 157 Å². The van der Waals surface area contributed by atoms with Gasteiger partial charge in [0.25, 0.3) is 0 Å². The van der Waals surface area contributed by atoms with E-state index in [1.165, 1.54) is 5.06 Å². The second-order valence-electron chi connectivity index (χ2n) is 6.00. The Hall–Kier alpha value is -1.69. The minimum absolute atomic E-state index is 0.00732. The van der Waals surface area contributed by atoms with E-state index in [9.17, 15) is 4.79 Å². The molecule has 0 heterocycles. The maximum atomic E-state index is 12.4. The largest absolute Gasteiger partial charge is 0.494 e.